The number of fused-ring (bicyclic) bond motifs is 1. The molecule has 152 valence electrons. The summed E-state index contributed by atoms with van der Waals surface area (Å²) in [5, 5.41) is 5.54. The van der Waals surface area contributed by atoms with Gasteiger partial charge in [0.2, 0.25) is 5.91 Å². The summed E-state index contributed by atoms with van der Waals surface area (Å²) in [6, 6.07) is -0.289. The second kappa shape index (κ2) is 8.65. The van der Waals surface area contributed by atoms with Gasteiger partial charge in [-0.3, -0.25) is 14.9 Å². The first kappa shape index (κ1) is 20.9. The summed E-state index contributed by atoms with van der Waals surface area (Å²) < 4.78 is 0. The summed E-state index contributed by atoms with van der Waals surface area (Å²) in [5.41, 5.74) is 0.899. The molecule has 2 aromatic heterocycles. The quantitative estimate of drug-likeness (QED) is 0.469. The van der Waals surface area contributed by atoms with Crippen LogP contribution in [-0.2, 0) is 11.2 Å². The smallest absolute Gasteiger partial charge is 0.321 e. The number of thioether (sulfide) groups is 1. The van der Waals surface area contributed by atoms with Gasteiger partial charge < -0.3 is 10.3 Å². The molecule has 2 heterocycles. The Morgan fingerprint density at radius 1 is 1.36 bits per heavy atom. The molecule has 0 radical (unpaired) electrons. The van der Waals surface area contributed by atoms with Gasteiger partial charge in [0.25, 0.3) is 5.56 Å². The molecule has 3 rings (SSSR count). The summed E-state index contributed by atoms with van der Waals surface area (Å²) >= 11 is 2.65. The van der Waals surface area contributed by atoms with Crippen LogP contribution in [0.4, 0.5) is 4.79 Å². The third kappa shape index (κ3) is 4.94. The number of nitrogens with zero attached hydrogens (tertiary/aromatic N) is 1. The average molecular weight is 423 g/mol. The molecule has 3 N–H and O–H groups in total. The van der Waals surface area contributed by atoms with Crippen molar-refractivity contribution in [3.63, 3.8) is 0 Å². The van der Waals surface area contributed by atoms with Gasteiger partial charge in [0.15, 0.2) is 5.16 Å². The monoisotopic (exact) mass is 422 g/mol. The zero-order valence-corrected chi connectivity index (χ0v) is 18.2. The van der Waals surface area contributed by atoms with Crippen molar-refractivity contribution in [1.29, 1.82) is 0 Å². The summed E-state index contributed by atoms with van der Waals surface area (Å²) in [6.45, 7) is 8.02. The van der Waals surface area contributed by atoms with E-state index in [2.05, 4.69) is 34.4 Å². The summed E-state index contributed by atoms with van der Waals surface area (Å²) in [4.78, 5) is 45.8. The van der Waals surface area contributed by atoms with E-state index in [1.165, 1.54) is 11.3 Å². The number of aromatic nitrogens is 2. The molecular weight excluding hydrogens is 396 g/mol. The number of rotatable bonds is 7. The average Bonchev–Trinajstić information content (AvgIpc) is 3.37. The first-order valence-corrected chi connectivity index (χ1v) is 11.3. The third-order valence-corrected chi connectivity index (χ3v) is 6.92. The number of carbonyl (C=O) groups excluding carboxylic acids is 2. The Morgan fingerprint density at radius 2 is 2.07 bits per heavy atom. The van der Waals surface area contributed by atoms with Crippen LogP contribution in [0.2, 0.25) is 0 Å². The molecule has 1 aliphatic rings. The maximum absolute atomic E-state index is 12.7. The topological polar surface area (TPSA) is 104 Å². The number of aromatic amines is 1. The molecule has 1 aliphatic carbocycles. The fourth-order valence-electron chi connectivity index (χ4n) is 2.83. The molecule has 1 saturated carbocycles. The number of H-pyrrole nitrogens is 1. The predicted molar refractivity (Wildman–Crippen MR) is 113 cm³/mol. The molecule has 0 saturated heterocycles. The van der Waals surface area contributed by atoms with Crippen molar-refractivity contribution in [3.05, 3.63) is 20.8 Å². The van der Waals surface area contributed by atoms with Crippen LogP contribution in [-0.4, -0.2) is 33.2 Å². The van der Waals surface area contributed by atoms with E-state index in [0.29, 0.717) is 21.3 Å². The summed E-state index contributed by atoms with van der Waals surface area (Å²) in [6.07, 6.45) is 3.82. The molecular formula is C19H26N4O3S2. The van der Waals surface area contributed by atoms with Crippen molar-refractivity contribution in [2.24, 2.45) is 5.92 Å². The van der Waals surface area contributed by atoms with Crippen molar-refractivity contribution < 1.29 is 9.59 Å². The Kier molecular flexibility index (Phi) is 6.44. The van der Waals surface area contributed by atoms with Crippen LogP contribution in [0.15, 0.2) is 9.95 Å². The van der Waals surface area contributed by atoms with Gasteiger partial charge in [0, 0.05) is 10.9 Å². The molecule has 2 unspecified atom stereocenters. The van der Waals surface area contributed by atoms with E-state index < -0.39 is 17.2 Å². The van der Waals surface area contributed by atoms with Gasteiger partial charge in [-0.05, 0) is 44.6 Å². The van der Waals surface area contributed by atoms with Crippen molar-refractivity contribution in [1.82, 2.24) is 20.6 Å². The Bertz CT molecular complexity index is 949. The van der Waals surface area contributed by atoms with Gasteiger partial charge >= 0.3 is 6.03 Å². The number of thiophene rings is 1. The first-order valence-electron chi connectivity index (χ1n) is 9.58. The summed E-state index contributed by atoms with van der Waals surface area (Å²) in [5.74, 6) is 0.0844. The number of aryl methyl sites for hydroxylation is 1. The maximum Gasteiger partial charge on any atom is 0.321 e. The molecule has 2 atom stereocenters. The Hall–Kier alpha value is -1.87. The second-order valence-corrected chi connectivity index (χ2v) is 9.94. The first-order chi connectivity index (χ1) is 13.3. The lowest BCUT2D eigenvalue weighted by Gasteiger charge is -2.11. The standard InChI is InChI=1S/C19H26N4O3S2/c1-5-9(2)8-13-10(3)27-17-14(13)16(25)22-19(23-17)28-11(4)15(24)21-18(26)20-12-6-7-12/h9,11-12H,5-8H2,1-4H3,(H,22,23,25)(H2,20,21,24,26). The number of imide groups is 1. The number of carbonyl (C=O) groups is 2. The van der Waals surface area contributed by atoms with Crippen LogP contribution in [0.5, 0.6) is 0 Å². The van der Waals surface area contributed by atoms with Gasteiger partial charge in [0.1, 0.15) is 4.83 Å². The highest BCUT2D eigenvalue weighted by Gasteiger charge is 2.25. The normalized spacial score (nSPS) is 16.0. The van der Waals surface area contributed by atoms with Crippen LogP contribution in [0.1, 0.15) is 50.5 Å². The van der Waals surface area contributed by atoms with Gasteiger partial charge in [-0.2, -0.15) is 0 Å². The highest BCUT2D eigenvalue weighted by Crippen LogP contribution is 2.31. The van der Waals surface area contributed by atoms with E-state index in [4.69, 9.17) is 0 Å². The molecule has 0 aromatic carbocycles. The second-order valence-electron chi connectivity index (χ2n) is 7.40. The largest absolute Gasteiger partial charge is 0.335 e. The maximum atomic E-state index is 12.7. The highest BCUT2D eigenvalue weighted by molar-refractivity contribution is 8.00. The Balaban J connectivity index is 1.73. The van der Waals surface area contributed by atoms with E-state index in [1.54, 1.807) is 6.92 Å². The molecule has 0 aliphatic heterocycles. The minimum atomic E-state index is -0.564. The number of nitrogens with one attached hydrogen (secondary N) is 3. The molecule has 1 fully saturated rings. The fraction of sp³-hybridized carbons (Fsp3) is 0.579. The van der Waals surface area contributed by atoms with Gasteiger partial charge in [-0.1, -0.05) is 32.0 Å². The lowest BCUT2D eigenvalue weighted by atomic mass is 9.98. The van der Waals surface area contributed by atoms with Crippen LogP contribution >= 0.6 is 23.1 Å². The van der Waals surface area contributed by atoms with Gasteiger partial charge in [0.05, 0.1) is 10.6 Å². The van der Waals surface area contributed by atoms with E-state index in [9.17, 15) is 14.4 Å². The molecule has 9 heteroatoms. The zero-order valence-electron chi connectivity index (χ0n) is 16.5. The van der Waals surface area contributed by atoms with Crippen LogP contribution in [0, 0.1) is 12.8 Å². The van der Waals surface area contributed by atoms with Crippen LogP contribution < -0.4 is 16.2 Å². The Morgan fingerprint density at radius 3 is 2.71 bits per heavy atom. The van der Waals surface area contributed by atoms with Crippen LogP contribution in [0.25, 0.3) is 10.2 Å². The molecule has 2 aromatic rings. The molecule has 0 spiro atoms. The lowest BCUT2D eigenvalue weighted by molar-refractivity contribution is -0.119. The summed E-state index contributed by atoms with van der Waals surface area (Å²) in [7, 11) is 0. The molecule has 0 bridgehead atoms. The van der Waals surface area contributed by atoms with Crippen molar-refractivity contribution in [2.45, 2.75) is 69.8 Å². The highest BCUT2D eigenvalue weighted by atomic mass is 32.2. The zero-order chi connectivity index (χ0) is 20.4. The van der Waals surface area contributed by atoms with E-state index >= 15 is 0 Å². The SMILES string of the molecule is CCC(C)Cc1c(C)sc2nc(SC(C)C(=O)NC(=O)NC3CC3)[nH]c(=O)c12. The number of hydrogen-bond donors (Lipinski definition) is 3. The molecule has 28 heavy (non-hydrogen) atoms. The van der Waals surface area contributed by atoms with Gasteiger partial charge in [-0.25, -0.2) is 9.78 Å². The number of amides is 3. The van der Waals surface area contributed by atoms with Crippen molar-refractivity contribution in [3.8, 4) is 0 Å². The third-order valence-electron chi connectivity index (χ3n) is 4.90. The number of urea groups is 1. The minimum Gasteiger partial charge on any atom is -0.335 e. The van der Waals surface area contributed by atoms with E-state index in [-0.39, 0.29) is 11.6 Å². The fourth-order valence-corrected chi connectivity index (χ4v) is 4.74. The van der Waals surface area contributed by atoms with E-state index in [0.717, 1.165) is 47.9 Å². The molecule has 7 nitrogen and oxygen atoms in total. The molecule has 3 amide bonds. The van der Waals surface area contributed by atoms with Crippen LogP contribution in [0.3, 0.4) is 0 Å². The predicted octanol–water partition coefficient (Wildman–Crippen LogP) is 3.35. The van der Waals surface area contributed by atoms with Crippen molar-refractivity contribution >= 4 is 45.3 Å². The Labute approximate surface area is 172 Å². The van der Waals surface area contributed by atoms with E-state index in [1.807, 2.05) is 6.92 Å². The minimum absolute atomic E-state index is 0.172. The van der Waals surface area contributed by atoms with Crippen molar-refractivity contribution in [2.75, 3.05) is 0 Å². The number of hydrogen-bond acceptors (Lipinski definition) is 6. The lowest BCUT2D eigenvalue weighted by Crippen LogP contribution is -2.43. The van der Waals surface area contributed by atoms with Gasteiger partial charge in [-0.15, -0.1) is 11.3 Å².